The Hall–Kier alpha value is -3.79. The number of para-hydroxylation sites is 1. The summed E-state index contributed by atoms with van der Waals surface area (Å²) in [4.78, 5) is 35.9. The fraction of sp³-hybridized carbons (Fsp3) is 0.143. The number of aromatic amines is 1. The first-order valence-electron chi connectivity index (χ1n) is 9.48. The van der Waals surface area contributed by atoms with Gasteiger partial charge in [0, 0.05) is 12.2 Å². The van der Waals surface area contributed by atoms with Crippen LogP contribution in [0.3, 0.4) is 0 Å². The molecule has 1 aliphatic rings. The highest BCUT2D eigenvalue weighted by molar-refractivity contribution is 7.99. The molecule has 0 atom stereocenters. The number of nitrogens with zero attached hydrogens (tertiary/aromatic N) is 3. The molecular weight excluding hydrogens is 418 g/mol. The maximum atomic E-state index is 12.4. The molecule has 9 nitrogen and oxygen atoms in total. The third-order valence-electron chi connectivity index (χ3n) is 4.69. The van der Waals surface area contributed by atoms with E-state index in [9.17, 15) is 9.59 Å². The molecule has 0 radical (unpaired) electrons. The number of H-pyrrole nitrogens is 1. The number of hydrogen-bond acceptors (Lipinski definition) is 7. The van der Waals surface area contributed by atoms with Crippen molar-refractivity contribution in [1.29, 1.82) is 0 Å². The van der Waals surface area contributed by atoms with Crippen LogP contribution in [-0.2, 0) is 11.3 Å². The number of fused-ring (bicyclic) bond motifs is 2. The molecule has 2 N–H and O–H groups in total. The molecule has 156 valence electrons. The Morgan fingerprint density at radius 2 is 2.00 bits per heavy atom. The van der Waals surface area contributed by atoms with Crippen LogP contribution in [0.15, 0.2) is 64.8 Å². The maximum absolute atomic E-state index is 12.4. The topological polar surface area (TPSA) is 111 Å². The smallest absolute Gasteiger partial charge is 0.278 e. The van der Waals surface area contributed by atoms with E-state index in [0.29, 0.717) is 28.8 Å². The lowest BCUT2D eigenvalue weighted by atomic mass is 10.2. The Morgan fingerprint density at radius 3 is 2.87 bits per heavy atom. The van der Waals surface area contributed by atoms with Gasteiger partial charge in [-0.15, -0.1) is 0 Å². The van der Waals surface area contributed by atoms with E-state index in [-0.39, 0.29) is 29.5 Å². The second-order valence-corrected chi connectivity index (χ2v) is 7.66. The molecule has 0 bridgehead atoms. The highest BCUT2D eigenvalue weighted by Crippen LogP contribution is 2.32. The Bertz CT molecular complexity index is 1320. The molecule has 0 unspecified atom stereocenters. The first-order chi connectivity index (χ1) is 15.2. The van der Waals surface area contributed by atoms with Crippen molar-refractivity contribution < 1.29 is 14.3 Å². The normalized spacial score (nSPS) is 12.3. The summed E-state index contributed by atoms with van der Waals surface area (Å²) in [5.74, 6) is 1.36. The number of carbonyl (C=O) groups is 1. The summed E-state index contributed by atoms with van der Waals surface area (Å²) in [6, 6.07) is 15.0. The van der Waals surface area contributed by atoms with Crippen molar-refractivity contribution in [3.8, 4) is 17.2 Å². The molecule has 1 amide bonds. The van der Waals surface area contributed by atoms with Gasteiger partial charge < -0.3 is 19.8 Å². The van der Waals surface area contributed by atoms with Crippen LogP contribution in [0, 0.1) is 0 Å². The second kappa shape index (κ2) is 8.15. The monoisotopic (exact) mass is 435 g/mol. The summed E-state index contributed by atoms with van der Waals surface area (Å²) in [5.41, 5.74) is 2.07. The van der Waals surface area contributed by atoms with E-state index in [2.05, 4.69) is 20.3 Å². The molecule has 3 heterocycles. The van der Waals surface area contributed by atoms with Crippen molar-refractivity contribution in [3.63, 3.8) is 0 Å². The lowest BCUT2D eigenvalue weighted by Crippen LogP contribution is -2.24. The molecule has 0 saturated heterocycles. The summed E-state index contributed by atoms with van der Waals surface area (Å²) in [5, 5.41) is 3.41. The number of rotatable bonds is 6. The van der Waals surface area contributed by atoms with E-state index in [1.165, 1.54) is 18.1 Å². The number of hydrogen-bond donors (Lipinski definition) is 2. The fourth-order valence-corrected chi connectivity index (χ4v) is 4.06. The molecule has 2 aromatic heterocycles. The third-order valence-corrected chi connectivity index (χ3v) is 5.63. The van der Waals surface area contributed by atoms with Crippen LogP contribution in [0.2, 0.25) is 0 Å². The van der Waals surface area contributed by atoms with Crippen LogP contribution in [0.5, 0.6) is 11.5 Å². The van der Waals surface area contributed by atoms with E-state index in [1.807, 2.05) is 48.5 Å². The van der Waals surface area contributed by atoms with Crippen molar-refractivity contribution in [2.75, 3.05) is 12.5 Å². The lowest BCUT2D eigenvalue weighted by molar-refractivity contribution is -0.118. The SMILES string of the molecule is O=C(CSc1nc2c(=O)[nH]cnc2n1-c1ccccc1)NCc1ccc2c(c1)OCO2. The minimum atomic E-state index is -0.325. The fourth-order valence-electron chi connectivity index (χ4n) is 3.22. The standard InChI is InChI=1S/C21H17N5O4S/c27-17(22-9-13-6-7-15-16(8-13)30-12-29-15)10-31-21-25-18-19(23-11-24-20(18)28)26(21)14-4-2-1-3-5-14/h1-8,11H,9-10,12H2,(H,22,27)(H,23,24,28). The molecule has 5 rings (SSSR count). The first kappa shape index (κ1) is 19.2. The van der Waals surface area contributed by atoms with Gasteiger partial charge in [0.2, 0.25) is 12.7 Å². The average Bonchev–Trinajstić information content (AvgIpc) is 3.41. The van der Waals surface area contributed by atoms with Crippen molar-refractivity contribution >= 4 is 28.8 Å². The molecular formula is C21H17N5O4S. The van der Waals surface area contributed by atoms with Crippen LogP contribution >= 0.6 is 11.8 Å². The predicted molar refractivity (Wildman–Crippen MR) is 115 cm³/mol. The summed E-state index contributed by atoms with van der Waals surface area (Å²) in [7, 11) is 0. The van der Waals surface area contributed by atoms with Crippen LogP contribution in [0.1, 0.15) is 5.56 Å². The van der Waals surface area contributed by atoms with Crippen molar-refractivity contribution in [3.05, 3.63) is 70.8 Å². The van der Waals surface area contributed by atoms with Gasteiger partial charge in [0.25, 0.3) is 5.56 Å². The van der Waals surface area contributed by atoms with Gasteiger partial charge in [-0.2, -0.15) is 0 Å². The Kier molecular flexibility index (Phi) is 5.04. The number of thioether (sulfide) groups is 1. The minimum absolute atomic E-state index is 0.138. The Balaban J connectivity index is 1.32. The zero-order valence-corrected chi connectivity index (χ0v) is 17.0. The van der Waals surface area contributed by atoms with Gasteiger partial charge in [-0.1, -0.05) is 36.0 Å². The maximum Gasteiger partial charge on any atom is 0.278 e. The predicted octanol–water partition coefficient (Wildman–Crippen LogP) is 2.25. The van der Waals surface area contributed by atoms with Gasteiger partial charge in [0.05, 0.1) is 12.1 Å². The van der Waals surface area contributed by atoms with Gasteiger partial charge in [-0.3, -0.25) is 14.2 Å². The van der Waals surface area contributed by atoms with Gasteiger partial charge >= 0.3 is 0 Å². The number of nitrogens with one attached hydrogen (secondary N) is 2. The molecule has 0 aliphatic carbocycles. The Labute approximate surface area is 180 Å². The number of amides is 1. The lowest BCUT2D eigenvalue weighted by Gasteiger charge is -2.09. The number of imidazole rings is 1. The van der Waals surface area contributed by atoms with E-state index >= 15 is 0 Å². The molecule has 0 fully saturated rings. The van der Waals surface area contributed by atoms with Gasteiger partial charge in [-0.05, 0) is 29.8 Å². The quantitative estimate of drug-likeness (QED) is 0.447. The van der Waals surface area contributed by atoms with Crippen LogP contribution in [-0.4, -0.2) is 38.0 Å². The summed E-state index contributed by atoms with van der Waals surface area (Å²) < 4.78 is 12.4. The number of aromatic nitrogens is 4. The van der Waals surface area contributed by atoms with Crippen molar-refractivity contribution in [2.45, 2.75) is 11.7 Å². The van der Waals surface area contributed by atoms with E-state index < -0.39 is 0 Å². The van der Waals surface area contributed by atoms with Crippen LogP contribution < -0.4 is 20.3 Å². The minimum Gasteiger partial charge on any atom is -0.454 e. The van der Waals surface area contributed by atoms with E-state index in [1.54, 1.807) is 4.57 Å². The highest BCUT2D eigenvalue weighted by Gasteiger charge is 2.18. The van der Waals surface area contributed by atoms with Crippen LogP contribution in [0.4, 0.5) is 0 Å². The molecule has 1 aliphatic heterocycles. The largest absolute Gasteiger partial charge is 0.454 e. The molecule has 0 spiro atoms. The second-order valence-electron chi connectivity index (χ2n) is 6.72. The summed E-state index contributed by atoms with van der Waals surface area (Å²) >= 11 is 1.24. The number of carbonyl (C=O) groups excluding carboxylic acids is 1. The molecule has 2 aromatic carbocycles. The van der Waals surface area contributed by atoms with Gasteiger partial charge in [0.15, 0.2) is 27.8 Å². The van der Waals surface area contributed by atoms with Gasteiger partial charge in [0.1, 0.15) is 0 Å². The summed E-state index contributed by atoms with van der Waals surface area (Å²) in [6.07, 6.45) is 1.35. The van der Waals surface area contributed by atoms with E-state index in [0.717, 1.165) is 11.3 Å². The third kappa shape index (κ3) is 3.84. The highest BCUT2D eigenvalue weighted by atomic mass is 32.2. The zero-order chi connectivity index (χ0) is 21.2. The number of ether oxygens (including phenoxy) is 2. The molecule has 4 aromatic rings. The zero-order valence-electron chi connectivity index (χ0n) is 16.2. The number of benzene rings is 2. The summed E-state index contributed by atoms with van der Waals surface area (Å²) in [6.45, 7) is 0.578. The first-order valence-corrected chi connectivity index (χ1v) is 10.5. The van der Waals surface area contributed by atoms with E-state index in [4.69, 9.17) is 9.47 Å². The van der Waals surface area contributed by atoms with Gasteiger partial charge in [-0.25, -0.2) is 9.97 Å². The van der Waals surface area contributed by atoms with Crippen molar-refractivity contribution in [2.24, 2.45) is 0 Å². The molecule has 0 saturated carbocycles. The molecule has 31 heavy (non-hydrogen) atoms. The van der Waals surface area contributed by atoms with Crippen LogP contribution in [0.25, 0.3) is 16.9 Å². The average molecular weight is 435 g/mol. The van der Waals surface area contributed by atoms with Crippen molar-refractivity contribution in [1.82, 2.24) is 24.8 Å². The Morgan fingerprint density at radius 1 is 1.16 bits per heavy atom. The molecule has 10 heteroatoms.